The van der Waals surface area contributed by atoms with E-state index in [-0.39, 0.29) is 0 Å². The highest BCUT2D eigenvalue weighted by atomic mass is 35.5. The summed E-state index contributed by atoms with van der Waals surface area (Å²) in [5.74, 6) is 5.62. The fourth-order valence-electron chi connectivity index (χ4n) is 1.00. The fourth-order valence-corrected chi connectivity index (χ4v) is 1.26. The third-order valence-corrected chi connectivity index (χ3v) is 1.84. The van der Waals surface area contributed by atoms with Gasteiger partial charge in [-0.15, -0.1) is 0 Å². The second-order valence-corrected chi connectivity index (χ2v) is 2.92. The van der Waals surface area contributed by atoms with Gasteiger partial charge in [-0.1, -0.05) is 17.7 Å². The van der Waals surface area contributed by atoms with Gasteiger partial charge in [0.15, 0.2) is 0 Å². The van der Waals surface area contributed by atoms with E-state index in [1.54, 1.807) is 12.1 Å². The number of benzene rings is 1. The number of hydrogen-bond donors (Lipinski definition) is 1. The van der Waals surface area contributed by atoms with Crippen LogP contribution in [0.15, 0.2) is 18.2 Å². The van der Waals surface area contributed by atoms with Gasteiger partial charge in [0.05, 0.1) is 18.2 Å². The molecule has 0 atom stereocenters. The topological polar surface area (TPSA) is 44.5 Å². The highest BCUT2D eigenvalue weighted by Gasteiger charge is 2.01. The lowest BCUT2D eigenvalue weighted by Gasteiger charge is -2.06. The van der Waals surface area contributed by atoms with Crippen LogP contribution in [0.3, 0.4) is 0 Å². The molecular weight excluding hydrogens is 190 g/mol. The summed E-state index contributed by atoms with van der Waals surface area (Å²) in [6.45, 7) is 2.87. The first-order valence-corrected chi connectivity index (χ1v) is 4.38. The predicted molar refractivity (Wildman–Crippen MR) is 51.6 cm³/mol. The summed E-state index contributed by atoms with van der Waals surface area (Å²) in [5.41, 5.74) is 0.927. The van der Waals surface area contributed by atoms with E-state index in [0.29, 0.717) is 24.0 Å². The Morgan fingerprint density at radius 3 is 2.77 bits per heavy atom. The van der Waals surface area contributed by atoms with Crippen molar-refractivity contribution >= 4 is 11.6 Å². The molecule has 4 heteroatoms. The lowest BCUT2D eigenvalue weighted by Crippen LogP contribution is -1.99. The highest BCUT2D eigenvalue weighted by Crippen LogP contribution is 2.25. The van der Waals surface area contributed by atoms with Gasteiger partial charge >= 0.3 is 0 Å². The van der Waals surface area contributed by atoms with E-state index in [0.717, 1.165) is 5.56 Å². The Bertz CT molecular complexity index is 278. The second-order valence-electron chi connectivity index (χ2n) is 2.51. The van der Waals surface area contributed by atoms with Crippen LogP contribution in [0.5, 0.6) is 5.75 Å². The molecule has 3 nitrogen and oxygen atoms in total. The number of ether oxygens (including phenoxy) is 1. The van der Waals surface area contributed by atoms with Crippen LogP contribution in [0.25, 0.3) is 0 Å². The van der Waals surface area contributed by atoms with E-state index in [9.17, 15) is 0 Å². The summed E-state index contributed by atoms with van der Waals surface area (Å²) in [5, 5.41) is 0.580. The van der Waals surface area contributed by atoms with Crippen molar-refractivity contribution < 1.29 is 9.57 Å². The van der Waals surface area contributed by atoms with Crippen LogP contribution in [0.1, 0.15) is 12.5 Å². The van der Waals surface area contributed by atoms with E-state index in [4.69, 9.17) is 22.2 Å². The maximum atomic E-state index is 5.92. The summed E-state index contributed by atoms with van der Waals surface area (Å²) < 4.78 is 5.27. The minimum absolute atomic E-state index is 0.353. The molecular formula is C9H12ClNO2. The molecule has 0 aliphatic rings. The van der Waals surface area contributed by atoms with E-state index in [1.807, 2.05) is 13.0 Å². The average molecular weight is 202 g/mol. The number of rotatable bonds is 4. The van der Waals surface area contributed by atoms with Crippen molar-refractivity contribution in [3.63, 3.8) is 0 Å². The Labute approximate surface area is 82.4 Å². The molecule has 1 aromatic rings. The van der Waals surface area contributed by atoms with Crippen LogP contribution < -0.4 is 10.6 Å². The maximum Gasteiger partial charge on any atom is 0.137 e. The largest absolute Gasteiger partial charge is 0.492 e. The number of hydrogen-bond acceptors (Lipinski definition) is 3. The summed E-state index contributed by atoms with van der Waals surface area (Å²) in [6.07, 6.45) is 0. The van der Waals surface area contributed by atoms with Crippen LogP contribution in [0, 0.1) is 0 Å². The Morgan fingerprint density at radius 2 is 2.23 bits per heavy atom. The summed E-state index contributed by atoms with van der Waals surface area (Å²) >= 11 is 5.92. The zero-order valence-corrected chi connectivity index (χ0v) is 8.17. The van der Waals surface area contributed by atoms with Crippen LogP contribution in [0.4, 0.5) is 0 Å². The fraction of sp³-hybridized carbons (Fsp3) is 0.333. The minimum Gasteiger partial charge on any atom is -0.492 e. The average Bonchev–Trinajstić information content (AvgIpc) is 2.10. The predicted octanol–water partition coefficient (Wildman–Crippen LogP) is 2.13. The number of halogens is 1. The Hall–Kier alpha value is -0.770. The van der Waals surface area contributed by atoms with Gasteiger partial charge in [0.2, 0.25) is 0 Å². The van der Waals surface area contributed by atoms with E-state index in [1.165, 1.54) is 0 Å². The third kappa shape index (κ3) is 2.88. The first-order chi connectivity index (χ1) is 6.27. The van der Waals surface area contributed by atoms with Crippen LogP contribution in [0.2, 0.25) is 5.02 Å². The van der Waals surface area contributed by atoms with Crippen LogP contribution >= 0.6 is 11.6 Å². The Balaban J connectivity index is 2.79. The van der Waals surface area contributed by atoms with Gasteiger partial charge < -0.3 is 4.74 Å². The molecule has 1 aromatic carbocycles. The van der Waals surface area contributed by atoms with Gasteiger partial charge in [0.25, 0.3) is 0 Å². The van der Waals surface area contributed by atoms with Gasteiger partial charge in [-0.3, -0.25) is 4.84 Å². The zero-order valence-electron chi connectivity index (χ0n) is 7.42. The van der Waals surface area contributed by atoms with Crippen LogP contribution in [-0.2, 0) is 11.4 Å². The summed E-state index contributed by atoms with van der Waals surface area (Å²) in [4.78, 5) is 4.48. The molecule has 0 radical (unpaired) electrons. The monoisotopic (exact) mass is 201 g/mol. The van der Waals surface area contributed by atoms with Crippen molar-refractivity contribution in [2.45, 2.75) is 13.5 Å². The summed E-state index contributed by atoms with van der Waals surface area (Å²) in [6, 6.07) is 5.45. The molecule has 72 valence electrons. The lowest BCUT2D eigenvalue weighted by atomic mass is 10.2. The van der Waals surface area contributed by atoms with E-state index >= 15 is 0 Å². The van der Waals surface area contributed by atoms with Gasteiger partial charge in [-0.2, -0.15) is 0 Å². The van der Waals surface area contributed by atoms with Crippen molar-refractivity contribution in [2.24, 2.45) is 5.90 Å². The van der Waals surface area contributed by atoms with Gasteiger partial charge in [0, 0.05) is 0 Å². The van der Waals surface area contributed by atoms with Gasteiger partial charge in [-0.05, 0) is 24.6 Å². The zero-order chi connectivity index (χ0) is 9.68. The van der Waals surface area contributed by atoms with Crippen molar-refractivity contribution in [1.29, 1.82) is 0 Å². The first-order valence-electron chi connectivity index (χ1n) is 4.00. The SMILES string of the molecule is CCOc1ccc(CON)cc1Cl. The normalized spacial score (nSPS) is 10.1. The Morgan fingerprint density at radius 1 is 1.46 bits per heavy atom. The van der Waals surface area contributed by atoms with Gasteiger partial charge in [0.1, 0.15) is 5.75 Å². The third-order valence-electron chi connectivity index (χ3n) is 1.55. The smallest absolute Gasteiger partial charge is 0.137 e. The van der Waals surface area contributed by atoms with E-state index < -0.39 is 0 Å². The molecule has 0 heterocycles. The molecule has 0 amide bonds. The lowest BCUT2D eigenvalue weighted by molar-refractivity contribution is 0.124. The molecule has 0 aromatic heterocycles. The quantitative estimate of drug-likeness (QED) is 0.760. The molecule has 0 aliphatic carbocycles. The minimum atomic E-state index is 0.353. The molecule has 0 saturated heterocycles. The first kappa shape index (κ1) is 10.3. The molecule has 13 heavy (non-hydrogen) atoms. The van der Waals surface area contributed by atoms with Crippen LogP contribution in [-0.4, -0.2) is 6.61 Å². The highest BCUT2D eigenvalue weighted by molar-refractivity contribution is 6.32. The standard InChI is InChI=1S/C9H12ClNO2/c1-2-12-9-4-3-7(6-13-11)5-8(9)10/h3-5H,2,6,11H2,1H3. The van der Waals surface area contributed by atoms with Crippen molar-refractivity contribution in [1.82, 2.24) is 0 Å². The maximum absolute atomic E-state index is 5.92. The van der Waals surface area contributed by atoms with Crippen molar-refractivity contribution in [3.8, 4) is 5.75 Å². The second kappa shape index (κ2) is 5.07. The molecule has 0 fully saturated rings. The van der Waals surface area contributed by atoms with Crippen molar-refractivity contribution in [2.75, 3.05) is 6.61 Å². The number of nitrogens with two attached hydrogens (primary N) is 1. The molecule has 0 unspecified atom stereocenters. The molecule has 0 spiro atoms. The van der Waals surface area contributed by atoms with Gasteiger partial charge in [-0.25, -0.2) is 5.90 Å². The Kier molecular flexibility index (Phi) is 4.02. The van der Waals surface area contributed by atoms with Crippen molar-refractivity contribution in [3.05, 3.63) is 28.8 Å². The molecule has 0 saturated carbocycles. The van der Waals surface area contributed by atoms with E-state index in [2.05, 4.69) is 4.84 Å². The molecule has 0 aliphatic heterocycles. The molecule has 2 N–H and O–H groups in total. The summed E-state index contributed by atoms with van der Waals surface area (Å²) in [7, 11) is 0. The molecule has 0 bridgehead atoms. The molecule has 1 rings (SSSR count).